The van der Waals surface area contributed by atoms with Crippen molar-refractivity contribution in [2.75, 3.05) is 19.6 Å². The molecule has 0 aliphatic carbocycles. The fourth-order valence-corrected chi connectivity index (χ4v) is 4.08. The average Bonchev–Trinajstić information content (AvgIpc) is 2.83. The number of amides is 2. The number of rotatable bonds is 20. The Hall–Kier alpha value is -2.40. The Morgan fingerprint density at radius 2 is 1.00 bits per heavy atom. The molecule has 0 bridgehead atoms. The topological polar surface area (TPSA) is 158 Å². The van der Waals surface area contributed by atoms with Crippen LogP contribution in [0.3, 0.4) is 0 Å². The molecule has 43 heavy (non-hydrogen) atoms. The number of urea groups is 1. The van der Waals surface area contributed by atoms with Gasteiger partial charge >= 0.3 is 23.9 Å². The van der Waals surface area contributed by atoms with Gasteiger partial charge in [-0.15, -0.1) is 0 Å². The number of nitrogens with one attached hydrogen (secondary N) is 3. The third-order valence-corrected chi connectivity index (χ3v) is 5.95. The molecule has 0 fully saturated rings. The summed E-state index contributed by atoms with van der Waals surface area (Å²) in [5.74, 6) is -1.72. The van der Waals surface area contributed by atoms with Gasteiger partial charge in [0.05, 0.1) is 0 Å². The summed E-state index contributed by atoms with van der Waals surface area (Å²) in [5, 5.41) is 8.71. The minimum atomic E-state index is -1.11. The van der Waals surface area contributed by atoms with E-state index in [1.807, 2.05) is 0 Å². The van der Waals surface area contributed by atoms with Crippen LogP contribution in [0.2, 0.25) is 0 Å². The van der Waals surface area contributed by atoms with Crippen molar-refractivity contribution in [3.8, 4) is 0 Å². The average molecular weight is 615 g/mol. The maximum Gasteiger partial charge on any atom is 0.329 e. The summed E-state index contributed by atoms with van der Waals surface area (Å²) in [5.41, 5.74) is 3.33. The number of hydrogen-bond donors (Lipinski definition) is 4. The molecular formula is C32H62N4O7. The molecule has 11 heteroatoms. The molecule has 252 valence electrons. The smallest absolute Gasteiger partial charge is 0.329 e. The van der Waals surface area contributed by atoms with E-state index in [2.05, 4.69) is 16.0 Å². The van der Waals surface area contributed by atoms with Crippen molar-refractivity contribution in [1.82, 2.24) is 16.0 Å². The van der Waals surface area contributed by atoms with Gasteiger partial charge in [-0.25, -0.2) is 14.4 Å². The predicted octanol–water partition coefficient (Wildman–Crippen LogP) is 4.89. The van der Waals surface area contributed by atoms with Crippen molar-refractivity contribution < 1.29 is 33.4 Å². The second-order valence-corrected chi connectivity index (χ2v) is 14.1. The zero-order valence-electron chi connectivity index (χ0n) is 28.5. The second-order valence-electron chi connectivity index (χ2n) is 14.1. The van der Waals surface area contributed by atoms with Crippen LogP contribution in [0.1, 0.15) is 133 Å². The number of carbonyl (C=O) groups is 4. The van der Waals surface area contributed by atoms with E-state index in [9.17, 15) is 19.2 Å². The lowest BCUT2D eigenvalue weighted by Crippen LogP contribution is -2.53. The fraction of sp³-hybridized carbons (Fsp3) is 0.875. The molecule has 0 rings (SSSR count). The van der Waals surface area contributed by atoms with Crippen LogP contribution in [-0.4, -0.2) is 72.5 Å². The Morgan fingerprint density at radius 3 is 1.47 bits per heavy atom. The van der Waals surface area contributed by atoms with Gasteiger partial charge in [0.1, 0.15) is 28.9 Å². The third-order valence-electron chi connectivity index (χ3n) is 5.95. The molecule has 0 aromatic carbocycles. The SMILES string of the molecule is CC(C)(C)OC(=O)CC[C@H](NC(=O)N[C@@H](CCCCNCCCCCCCCN)C(=O)OC(C)(C)C)C(=O)OC(C)(C)C. The number of nitrogens with two attached hydrogens (primary N) is 1. The molecule has 0 unspecified atom stereocenters. The molecule has 0 spiro atoms. The van der Waals surface area contributed by atoms with Gasteiger partial charge in [-0.3, -0.25) is 4.79 Å². The van der Waals surface area contributed by atoms with E-state index in [-0.39, 0.29) is 12.8 Å². The first-order valence-corrected chi connectivity index (χ1v) is 16.0. The Morgan fingerprint density at radius 1 is 0.581 bits per heavy atom. The molecule has 0 saturated carbocycles. The van der Waals surface area contributed by atoms with E-state index in [4.69, 9.17) is 19.9 Å². The van der Waals surface area contributed by atoms with Crippen molar-refractivity contribution in [2.24, 2.45) is 5.73 Å². The molecule has 2 atom stereocenters. The van der Waals surface area contributed by atoms with Crippen LogP contribution >= 0.6 is 0 Å². The van der Waals surface area contributed by atoms with Gasteiger partial charge in [0.2, 0.25) is 0 Å². The summed E-state index contributed by atoms with van der Waals surface area (Å²) in [6, 6.07) is -2.74. The van der Waals surface area contributed by atoms with Gasteiger partial charge in [-0.05, 0) is 120 Å². The van der Waals surface area contributed by atoms with Gasteiger partial charge in [-0.2, -0.15) is 0 Å². The summed E-state index contributed by atoms with van der Waals surface area (Å²) in [6.45, 7) is 18.2. The predicted molar refractivity (Wildman–Crippen MR) is 169 cm³/mol. The zero-order valence-corrected chi connectivity index (χ0v) is 28.5. The quantitative estimate of drug-likeness (QED) is 0.0851. The highest BCUT2D eigenvalue weighted by molar-refractivity contribution is 5.87. The van der Waals surface area contributed by atoms with E-state index in [0.717, 1.165) is 38.9 Å². The molecule has 0 aromatic heterocycles. The number of hydrogen-bond acceptors (Lipinski definition) is 9. The van der Waals surface area contributed by atoms with E-state index in [1.165, 1.54) is 25.7 Å². The van der Waals surface area contributed by atoms with E-state index < -0.39 is 52.8 Å². The Labute approximate surface area is 260 Å². The van der Waals surface area contributed by atoms with Crippen molar-refractivity contribution in [1.29, 1.82) is 0 Å². The van der Waals surface area contributed by atoms with Crippen molar-refractivity contribution in [3.63, 3.8) is 0 Å². The molecule has 0 radical (unpaired) electrons. The first kappa shape index (κ1) is 40.6. The van der Waals surface area contributed by atoms with Crippen LogP contribution in [0.15, 0.2) is 0 Å². The Balaban J connectivity index is 5.05. The Kier molecular flexibility index (Phi) is 19.4. The normalized spacial score (nSPS) is 13.5. The molecule has 0 saturated heterocycles. The van der Waals surface area contributed by atoms with Crippen molar-refractivity contribution in [2.45, 2.75) is 162 Å². The lowest BCUT2D eigenvalue weighted by molar-refractivity contribution is -0.159. The van der Waals surface area contributed by atoms with Crippen molar-refractivity contribution in [3.05, 3.63) is 0 Å². The molecule has 5 N–H and O–H groups in total. The van der Waals surface area contributed by atoms with Crippen LogP contribution < -0.4 is 21.7 Å². The fourth-order valence-electron chi connectivity index (χ4n) is 4.08. The highest BCUT2D eigenvalue weighted by Gasteiger charge is 2.31. The lowest BCUT2D eigenvalue weighted by Gasteiger charge is -2.27. The summed E-state index contributed by atoms with van der Waals surface area (Å²) in [6.07, 6.45) is 8.83. The first-order chi connectivity index (χ1) is 19.8. The summed E-state index contributed by atoms with van der Waals surface area (Å²) in [4.78, 5) is 51.1. The van der Waals surface area contributed by atoms with Gasteiger partial charge in [0, 0.05) is 6.42 Å². The summed E-state index contributed by atoms with van der Waals surface area (Å²) >= 11 is 0. The molecule has 0 aliphatic rings. The number of carbonyl (C=O) groups excluding carboxylic acids is 4. The maximum atomic E-state index is 13.0. The zero-order chi connectivity index (χ0) is 33.1. The lowest BCUT2D eigenvalue weighted by atomic mass is 10.1. The monoisotopic (exact) mass is 614 g/mol. The Bertz CT molecular complexity index is 829. The van der Waals surface area contributed by atoms with Crippen LogP contribution in [0.25, 0.3) is 0 Å². The van der Waals surface area contributed by atoms with Crippen LogP contribution in [0, 0.1) is 0 Å². The van der Waals surface area contributed by atoms with E-state index >= 15 is 0 Å². The minimum absolute atomic E-state index is 0.0201. The van der Waals surface area contributed by atoms with E-state index in [0.29, 0.717) is 12.8 Å². The molecule has 0 heterocycles. The standard InChI is InChI=1S/C32H62N4O7/c1-30(2,3)41-26(37)20-19-25(28(39)43-32(7,8)9)36-29(40)35-24(27(38)42-31(4,5)6)18-14-17-23-34-22-16-13-11-10-12-15-21-33/h24-25,34H,10-23,33H2,1-9H3,(H2,35,36,40)/t24-,25-/m0/s1. The molecule has 11 nitrogen and oxygen atoms in total. The highest BCUT2D eigenvalue weighted by Crippen LogP contribution is 2.15. The van der Waals surface area contributed by atoms with Crippen LogP contribution in [0.4, 0.5) is 4.79 Å². The highest BCUT2D eigenvalue weighted by atomic mass is 16.6. The maximum absolute atomic E-state index is 13.0. The van der Waals surface area contributed by atoms with Crippen LogP contribution in [-0.2, 0) is 28.6 Å². The van der Waals surface area contributed by atoms with Gasteiger partial charge in [0.25, 0.3) is 0 Å². The van der Waals surface area contributed by atoms with Gasteiger partial charge in [-0.1, -0.05) is 25.7 Å². The molecule has 2 amide bonds. The summed E-state index contributed by atoms with van der Waals surface area (Å²) in [7, 11) is 0. The van der Waals surface area contributed by atoms with Crippen LogP contribution in [0.5, 0.6) is 0 Å². The largest absolute Gasteiger partial charge is 0.460 e. The number of ether oxygens (including phenoxy) is 3. The first-order valence-electron chi connectivity index (χ1n) is 16.0. The third kappa shape index (κ3) is 24.7. The van der Waals surface area contributed by atoms with Gasteiger partial charge < -0.3 is 35.9 Å². The molecule has 0 aromatic rings. The number of unbranched alkanes of at least 4 members (excludes halogenated alkanes) is 6. The molecular weight excluding hydrogens is 552 g/mol. The molecule has 0 aliphatic heterocycles. The van der Waals surface area contributed by atoms with Crippen molar-refractivity contribution >= 4 is 23.9 Å². The van der Waals surface area contributed by atoms with E-state index in [1.54, 1.807) is 62.3 Å². The van der Waals surface area contributed by atoms with Gasteiger partial charge in [0.15, 0.2) is 0 Å². The number of esters is 3. The summed E-state index contributed by atoms with van der Waals surface area (Å²) < 4.78 is 16.3. The second kappa shape index (κ2) is 20.5. The minimum Gasteiger partial charge on any atom is -0.460 e.